The molecule has 3 nitrogen and oxygen atoms in total. The van der Waals surface area contributed by atoms with Crippen LogP contribution in [-0.2, 0) is 0 Å². The quantitative estimate of drug-likeness (QED) is 0.734. The largest absolute Gasteiger partial charge is 0.350 e. The van der Waals surface area contributed by atoms with Crippen LogP contribution in [0.3, 0.4) is 0 Å². The van der Waals surface area contributed by atoms with Crippen LogP contribution in [0.4, 0.5) is 0 Å². The van der Waals surface area contributed by atoms with Crippen LogP contribution in [0.15, 0.2) is 22.7 Å². The molecule has 0 unspecified atom stereocenters. The Kier molecular flexibility index (Phi) is 4.89. The van der Waals surface area contributed by atoms with E-state index in [-0.39, 0.29) is 11.4 Å². The molecule has 104 valence electrons. The summed E-state index contributed by atoms with van der Waals surface area (Å²) in [6.45, 7) is 0.719. The van der Waals surface area contributed by atoms with Crippen LogP contribution in [0, 0.1) is 3.57 Å². The summed E-state index contributed by atoms with van der Waals surface area (Å²) in [6, 6.07) is 5.81. The van der Waals surface area contributed by atoms with Gasteiger partial charge in [0.05, 0.1) is 5.56 Å². The van der Waals surface area contributed by atoms with Crippen molar-refractivity contribution in [3.8, 4) is 0 Å². The summed E-state index contributed by atoms with van der Waals surface area (Å²) in [4.78, 5) is 14.5. The number of carbonyl (C=O) groups is 1. The Morgan fingerprint density at radius 2 is 2.16 bits per heavy atom. The lowest BCUT2D eigenvalue weighted by Crippen LogP contribution is -2.57. The first-order chi connectivity index (χ1) is 8.94. The number of rotatable bonds is 4. The van der Waals surface area contributed by atoms with Gasteiger partial charge in [-0.3, -0.25) is 4.79 Å². The molecule has 1 amide bonds. The maximum Gasteiger partial charge on any atom is 0.252 e. The number of halogens is 2. The molecule has 0 spiro atoms. The Balaban J connectivity index is 2.03. The molecular formula is C14H18BrIN2O. The zero-order chi connectivity index (χ0) is 14.0. The van der Waals surface area contributed by atoms with E-state index in [0.29, 0.717) is 5.56 Å². The Morgan fingerprint density at radius 3 is 2.68 bits per heavy atom. The van der Waals surface area contributed by atoms with E-state index in [0.717, 1.165) is 27.4 Å². The summed E-state index contributed by atoms with van der Waals surface area (Å²) >= 11 is 5.66. The fourth-order valence-corrected chi connectivity index (χ4v) is 3.30. The minimum atomic E-state index is -0.00137. The van der Waals surface area contributed by atoms with E-state index in [1.807, 2.05) is 18.2 Å². The van der Waals surface area contributed by atoms with Gasteiger partial charge in [-0.05, 0) is 90.1 Å². The Morgan fingerprint density at radius 1 is 1.47 bits per heavy atom. The third-order valence-corrected chi connectivity index (χ3v) is 5.35. The monoisotopic (exact) mass is 436 g/mol. The average molecular weight is 437 g/mol. The SMILES string of the molecule is CN(C)C1(CNC(=O)c2cc(I)ccc2Br)CCC1. The second kappa shape index (κ2) is 6.10. The van der Waals surface area contributed by atoms with Gasteiger partial charge in [0, 0.05) is 20.1 Å². The van der Waals surface area contributed by atoms with Gasteiger partial charge in [0.25, 0.3) is 5.91 Å². The maximum atomic E-state index is 12.3. The van der Waals surface area contributed by atoms with E-state index in [9.17, 15) is 4.79 Å². The number of nitrogens with one attached hydrogen (secondary N) is 1. The number of carbonyl (C=O) groups excluding carboxylic acids is 1. The molecule has 1 fully saturated rings. The molecule has 1 aliphatic rings. The molecular weight excluding hydrogens is 419 g/mol. The standard InChI is InChI=1S/C14H18BrIN2O/c1-18(2)14(6-3-7-14)9-17-13(19)11-8-10(16)4-5-12(11)15/h4-5,8H,3,6-7,9H2,1-2H3,(H,17,19). The number of benzene rings is 1. The predicted molar refractivity (Wildman–Crippen MR) is 89.5 cm³/mol. The van der Waals surface area contributed by atoms with E-state index < -0.39 is 0 Å². The predicted octanol–water partition coefficient (Wildman–Crippen LogP) is 3.27. The number of hydrogen-bond acceptors (Lipinski definition) is 2. The van der Waals surface area contributed by atoms with Crippen molar-refractivity contribution in [1.82, 2.24) is 10.2 Å². The molecule has 0 aromatic heterocycles. The fraction of sp³-hybridized carbons (Fsp3) is 0.500. The molecule has 1 aliphatic carbocycles. The minimum Gasteiger partial charge on any atom is -0.350 e. The number of likely N-dealkylation sites (N-methyl/N-ethyl adjacent to an activating group) is 1. The third kappa shape index (κ3) is 3.31. The van der Waals surface area contributed by atoms with Gasteiger partial charge in [-0.15, -0.1) is 0 Å². The van der Waals surface area contributed by atoms with Crippen LogP contribution in [0.5, 0.6) is 0 Å². The van der Waals surface area contributed by atoms with Gasteiger partial charge in [-0.1, -0.05) is 0 Å². The molecule has 1 saturated carbocycles. The molecule has 19 heavy (non-hydrogen) atoms. The Bertz CT molecular complexity index is 486. The van der Waals surface area contributed by atoms with Crippen molar-refractivity contribution in [2.75, 3.05) is 20.6 Å². The summed E-state index contributed by atoms with van der Waals surface area (Å²) in [5, 5.41) is 3.08. The first-order valence-electron chi connectivity index (χ1n) is 6.35. The highest BCUT2D eigenvalue weighted by atomic mass is 127. The first kappa shape index (κ1) is 15.3. The van der Waals surface area contributed by atoms with Crippen molar-refractivity contribution in [3.63, 3.8) is 0 Å². The van der Waals surface area contributed by atoms with Gasteiger partial charge in [-0.2, -0.15) is 0 Å². The highest BCUT2D eigenvalue weighted by molar-refractivity contribution is 14.1. The minimum absolute atomic E-state index is 0.00137. The Labute approximate surface area is 136 Å². The van der Waals surface area contributed by atoms with Gasteiger partial charge < -0.3 is 10.2 Å². The van der Waals surface area contributed by atoms with Gasteiger partial charge in [0.1, 0.15) is 0 Å². The molecule has 0 aliphatic heterocycles. The second-order valence-electron chi connectivity index (χ2n) is 5.28. The van der Waals surface area contributed by atoms with Crippen molar-refractivity contribution in [2.24, 2.45) is 0 Å². The number of amides is 1. The van der Waals surface area contributed by atoms with E-state index in [1.165, 1.54) is 6.42 Å². The molecule has 0 saturated heterocycles. The van der Waals surface area contributed by atoms with Crippen LogP contribution in [0.2, 0.25) is 0 Å². The summed E-state index contributed by atoms with van der Waals surface area (Å²) in [5.74, 6) is -0.00137. The average Bonchev–Trinajstić information content (AvgIpc) is 2.30. The van der Waals surface area contributed by atoms with Crippen molar-refractivity contribution >= 4 is 44.4 Å². The smallest absolute Gasteiger partial charge is 0.252 e. The first-order valence-corrected chi connectivity index (χ1v) is 8.22. The number of nitrogens with zero attached hydrogens (tertiary/aromatic N) is 1. The van der Waals surface area contributed by atoms with E-state index >= 15 is 0 Å². The summed E-state index contributed by atoms with van der Waals surface area (Å²) in [6.07, 6.45) is 3.57. The molecule has 0 radical (unpaired) electrons. The van der Waals surface area contributed by atoms with Gasteiger partial charge >= 0.3 is 0 Å². The molecule has 5 heteroatoms. The van der Waals surface area contributed by atoms with Crippen molar-refractivity contribution in [2.45, 2.75) is 24.8 Å². The molecule has 1 aromatic carbocycles. The zero-order valence-electron chi connectivity index (χ0n) is 11.2. The lowest BCUT2D eigenvalue weighted by Gasteiger charge is -2.47. The zero-order valence-corrected chi connectivity index (χ0v) is 14.9. The lowest BCUT2D eigenvalue weighted by atomic mass is 9.75. The van der Waals surface area contributed by atoms with E-state index in [1.54, 1.807) is 0 Å². The van der Waals surface area contributed by atoms with Crippen LogP contribution in [-0.4, -0.2) is 37.0 Å². The highest BCUT2D eigenvalue weighted by Gasteiger charge is 2.39. The van der Waals surface area contributed by atoms with Crippen LogP contribution in [0.1, 0.15) is 29.6 Å². The van der Waals surface area contributed by atoms with E-state index in [2.05, 4.69) is 62.8 Å². The normalized spacial score (nSPS) is 17.1. The molecule has 1 aromatic rings. The number of hydrogen-bond donors (Lipinski definition) is 1. The molecule has 0 atom stereocenters. The van der Waals surface area contributed by atoms with Crippen molar-refractivity contribution in [3.05, 3.63) is 31.8 Å². The van der Waals surface area contributed by atoms with Gasteiger partial charge in [-0.25, -0.2) is 0 Å². The molecule has 2 rings (SSSR count). The fourth-order valence-electron chi connectivity index (χ4n) is 2.38. The Hall–Kier alpha value is -0.140. The molecule has 0 heterocycles. The molecule has 1 N–H and O–H groups in total. The van der Waals surface area contributed by atoms with E-state index in [4.69, 9.17) is 0 Å². The maximum absolute atomic E-state index is 12.3. The van der Waals surface area contributed by atoms with Crippen LogP contribution >= 0.6 is 38.5 Å². The third-order valence-electron chi connectivity index (χ3n) is 3.98. The lowest BCUT2D eigenvalue weighted by molar-refractivity contribution is 0.0557. The van der Waals surface area contributed by atoms with Crippen LogP contribution in [0.25, 0.3) is 0 Å². The summed E-state index contributed by atoms with van der Waals surface area (Å²) < 4.78 is 1.91. The summed E-state index contributed by atoms with van der Waals surface area (Å²) in [5.41, 5.74) is 0.865. The second-order valence-corrected chi connectivity index (χ2v) is 7.38. The highest BCUT2D eigenvalue weighted by Crippen LogP contribution is 2.35. The van der Waals surface area contributed by atoms with Crippen molar-refractivity contribution in [1.29, 1.82) is 0 Å². The van der Waals surface area contributed by atoms with Gasteiger partial charge in [0.15, 0.2) is 0 Å². The van der Waals surface area contributed by atoms with Crippen molar-refractivity contribution < 1.29 is 4.79 Å². The summed E-state index contributed by atoms with van der Waals surface area (Å²) in [7, 11) is 4.18. The van der Waals surface area contributed by atoms with Gasteiger partial charge in [0.2, 0.25) is 0 Å². The topological polar surface area (TPSA) is 32.3 Å². The van der Waals surface area contributed by atoms with Crippen LogP contribution < -0.4 is 5.32 Å². The molecule has 0 bridgehead atoms.